The van der Waals surface area contributed by atoms with Crippen LogP contribution in [-0.2, 0) is 4.74 Å². The molecule has 3 heteroatoms. The summed E-state index contributed by atoms with van der Waals surface area (Å²) < 4.78 is 5.75. The van der Waals surface area contributed by atoms with Crippen LogP contribution in [0.2, 0.25) is 0 Å². The lowest BCUT2D eigenvalue weighted by Gasteiger charge is -2.38. The summed E-state index contributed by atoms with van der Waals surface area (Å²) in [5.74, 6) is 0. The summed E-state index contributed by atoms with van der Waals surface area (Å²) in [6.07, 6.45) is 3.79. The molecule has 14 heavy (non-hydrogen) atoms. The van der Waals surface area contributed by atoms with Gasteiger partial charge in [0.25, 0.3) is 0 Å². The molecule has 80 valence electrons. The second-order valence-electron chi connectivity index (χ2n) is 4.20. The third-order valence-corrected chi connectivity index (χ3v) is 3.01. The van der Waals surface area contributed by atoms with Crippen molar-refractivity contribution in [2.45, 2.75) is 51.2 Å². The quantitative estimate of drug-likeness (QED) is 0.698. The topological polar surface area (TPSA) is 45.0 Å². The summed E-state index contributed by atoms with van der Waals surface area (Å²) in [4.78, 5) is 0. The van der Waals surface area contributed by atoms with Crippen molar-refractivity contribution < 1.29 is 4.74 Å². The Hall–Kier alpha value is -0.590. The highest BCUT2D eigenvalue weighted by Crippen LogP contribution is 2.27. The van der Waals surface area contributed by atoms with Gasteiger partial charge in [-0.2, -0.15) is 5.26 Å². The molecule has 0 aromatic carbocycles. The van der Waals surface area contributed by atoms with Crippen molar-refractivity contribution >= 4 is 0 Å². The van der Waals surface area contributed by atoms with E-state index in [1.54, 1.807) is 0 Å². The van der Waals surface area contributed by atoms with Gasteiger partial charge in [0.1, 0.15) is 0 Å². The fraction of sp³-hybridized carbons (Fsp3) is 0.909. The number of ether oxygens (including phenoxy) is 1. The highest BCUT2D eigenvalue weighted by molar-refractivity contribution is 4.86. The predicted molar refractivity (Wildman–Crippen MR) is 55.9 cm³/mol. The molecule has 1 N–H and O–H groups in total. The lowest BCUT2D eigenvalue weighted by molar-refractivity contribution is -0.0777. The van der Waals surface area contributed by atoms with Crippen molar-refractivity contribution in [3.63, 3.8) is 0 Å². The first-order valence-corrected chi connectivity index (χ1v) is 5.44. The SMILES string of the molecule is CCC1(C)CC(NCCC#N)CCO1. The molecule has 0 saturated carbocycles. The molecule has 0 radical (unpaired) electrons. The normalized spacial score (nSPS) is 32.5. The van der Waals surface area contributed by atoms with Crippen LogP contribution in [0.5, 0.6) is 0 Å². The Kier molecular flexibility index (Phi) is 4.37. The minimum Gasteiger partial charge on any atom is -0.375 e. The van der Waals surface area contributed by atoms with Crippen LogP contribution in [0.25, 0.3) is 0 Å². The first kappa shape index (κ1) is 11.5. The molecule has 2 unspecified atom stereocenters. The zero-order valence-corrected chi connectivity index (χ0v) is 9.18. The molecule has 0 aromatic rings. The minimum absolute atomic E-state index is 0.0442. The standard InChI is InChI=1S/C11H20N2O/c1-3-11(2)9-10(5-8-14-11)13-7-4-6-12/h10,13H,3-5,7-9H2,1-2H3. The zero-order chi connectivity index (χ0) is 10.4. The van der Waals surface area contributed by atoms with Crippen LogP contribution in [0.1, 0.15) is 39.5 Å². The van der Waals surface area contributed by atoms with E-state index in [-0.39, 0.29) is 5.60 Å². The molecule has 1 aliphatic rings. The second-order valence-corrected chi connectivity index (χ2v) is 4.20. The van der Waals surface area contributed by atoms with Crippen molar-refractivity contribution in [2.24, 2.45) is 0 Å². The number of nitrogens with one attached hydrogen (secondary N) is 1. The molecular formula is C11H20N2O. The third kappa shape index (κ3) is 3.28. The number of nitrogens with zero attached hydrogens (tertiary/aromatic N) is 1. The van der Waals surface area contributed by atoms with Gasteiger partial charge in [0.2, 0.25) is 0 Å². The summed E-state index contributed by atoms with van der Waals surface area (Å²) in [6, 6.07) is 2.68. The highest BCUT2D eigenvalue weighted by atomic mass is 16.5. The van der Waals surface area contributed by atoms with E-state index in [9.17, 15) is 0 Å². The van der Waals surface area contributed by atoms with Gasteiger partial charge in [-0.15, -0.1) is 0 Å². The maximum absolute atomic E-state index is 8.43. The van der Waals surface area contributed by atoms with Crippen molar-refractivity contribution in [1.29, 1.82) is 5.26 Å². The fourth-order valence-corrected chi connectivity index (χ4v) is 1.88. The van der Waals surface area contributed by atoms with Crippen LogP contribution in [-0.4, -0.2) is 24.8 Å². The van der Waals surface area contributed by atoms with E-state index in [4.69, 9.17) is 10.00 Å². The molecule has 0 aliphatic carbocycles. The molecule has 0 aromatic heterocycles. The molecule has 1 fully saturated rings. The number of hydrogen-bond acceptors (Lipinski definition) is 3. The van der Waals surface area contributed by atoms with E-state index in [2.05, 4.69) is 25.2 Å². The first-order valence-electron chi connectivity index (χ1n) is 5.44. The Morgan fingerprint density at radius 2 is 2.43 bits per heavy atom. The summed E-state index contributed by atoms with van der Waals surface area (Å²) in [5, 5.41) is 11.8. The molecule has 0 amide bonds. The maximum atomic E-state index is 8.43. The smallest absolute Gasteiger partial charge is 0.0666 e. The van der Waals surface area contributed by atoms with Crippen LogP contribution < -0.4 is 5.32 Å². The van der Waals surface area contributed by atoms with Gasteiger partial charge < -0.3 is 10.1 Å². The van der Waals surface area contributed by atoms with Gasteiger partial charge in [-0.3, -0.25) is 0 Å². The van der Waals surface area contributed by atoms with E-state index in [1.807, 2.05) is 0 Å². The van der Waals surface area contributed by atoms with Gasteiger partial charge in [-0.05, 0) is 26.2 Å². The largest absolute Gasteiger partial charge is 0.375 e. The average molecular weight is 196 g/mol. The van der Waals surface area contributed by atoms with Crippen LogP contribution in [0.15, 0.2) is 0 Å². The molecule has 1 aliphatic heterocycles. The number of nitriles is 1. The Morgan fingerprint density at radius 1 is 1.64 bits per heavy atom. The van der Waals surface area contributed by atoms with E-state index < -0.39 is 0 Å². The molecule has 1 heterocycles. The summed E-state index contributed by atoms with van der Waals surface area (Å²) in [5.41, 5.74) is 0.0442. The number of hydrogen-bond donors (Lipinski definition) is 1. The van der Waals surface area contributed by atoms with Crippen molar-refractivity contribution in [1.82, 2.24) is 5.32 Å². The predicted octanol–water partition coefficient (Wildman–Crippen LogP) is 1.84. The number of rotatable bonds is 4. The van der Waals surface area contributed by atoms with Gasteiger partial charge in [-0.25, -0.2) is 0 Å². The molecule has 0 bridgehead atoms. The van der Waals surface area contributed by atoms with Crippen LogP contribution in [0.4, 0.5) is 0 Å². The Bertz CT molecular complexity index is 212. The van der Waals surface area contributed by atoms with Gasteiger partial charge in [-0.1, -0.05) is 6.92 Å². The lowest BCUT2D eigenvalue weighted by Crippen LogP contribution is -2.45. The summed E-state index contributed by atoms with van der Waals surface area (Å²) >= 11 is 0. The van der Waals surface area contributed by atoms with Crippen molar-refractivity contribution in [3.8, 4) is 6.07 Å². The second kappa shape index (κ2) is 5.33. The van der Waals surface area contributed by atoms with Crippen molar-refractivity contribution in [3.05, 3.63) is 0 Å². The molecule has 3 nitrogen and oxygen atoms in total. The van der Waals surface area contributed by atoms with Gasteiger partial charge >= 0.3 is 0 Å². The van der Waals surface area contributed by atoms with Crippen LogP contribution in [0, 0.1) is 11.3 Å². The monoisotopic (exact) mass is 196 g/mol. The van der Waals surface area contributed by atoms with E-state index >= 15 is 0 Å². The van der Waals surface area contributed by atoms with Crippen LogP contribution in [0.3, 0.4) is 0 Å². The maximum Gasteiger partial charge on any atom is 0.0666 e. The summed E-state index contributed by atoms with van der Waals surface area (Å²) in [7, 11) is 0. The fourth-order valence-electron chi connectivity index (χ4n) is 1.88. The molecule has 0 spiro atoms. The van der Waals surface area contributed by atoms with E-state index in [0.717, 1.165) is 32.4 Å². The van der Waals surface area contributed by atoms with Crippen molar-refractivity contribution in [2.75, 3.05) is 13.2 Å². The Morgan fingerprint density at radius 3 is 3.07 bits per heavy atom. The Balaban J connectivity index is 2.30. The first-order chi connectivity index (χ1) is 6.70. The van der Waals surface area contributed by atoms with Gasteiger partial charge in [0.05, 0.1) is 11.7 Å². The summed E-state index contributed by atoms with van der Waals surface area (Å²) in [6.45, 7) is 5.98. The average Bonchev–Trinajstić information content (AvgIpc) is 2.19. The molecular weight excluding hydrogens is 176 g/mol. The van der Waals surface area contributed by atoms with Gasteiger partial charge in [0, 0.05) is 25.6 Å². The van der Waals surface area contributed by atoms with Gasteiger partial charge in [0.15, 0.2) is 0 Å². The highest BCUT2D eigenvalue weighted by Gasteiger charge is 2.30. The van der Waals surface area contributed by atoms with Crippen LogP contribution >= 0.6 is 0 Å². The van der Waals surface area contributed by atoms with E-state index in [0.29, 0.717) is 12.5 Å². The third-order valence-electron chi connectivity index (χ3n) is 3.01. The zero-order valence-electron chi connectivity index (χ0n) is 9.18. The minimum atomic E-state index is 0.0442. The molecule has 2 atom stereocenters. The molecule has 1 rings (SSSR count). The molecule has 1 saturated heterocycles. The lowest BCUT2D eigenvalue weighted by atomic mass is 9.90. The van der Waals surface area contributed by atoms with E-state index in [1.165, 1.54) is 0 Å². The Labute approximate surface area is 86.4 Å².